The molecule has 4 atom stereocenters. The summed E-state index contributed by atoms with van der Waals surface area (Å²) < 4.78 is 25.7. The fraction of sp³-hybridized carbons (Fsp3) is 0.257. The van der Waals surface area contributed by atoms with Crippen molar-refractivity contribution in [3.05, 3.63) is 137 Å². The minimum Gasteiger partial charge on any atom is -0.374 e. The first-order valence-electron chi connectivity index (χ1n) is 14.2. The first-order valence-corrected chi connectivity index (χ1v) is 14.2. The average Bonchev–Trinajstić information content (AvgIpc) is 3.48. The van der Waals surface area contributed by atoms with Crippen LogP contribution in [0, 0.1) is 6.92 Å². The van der Waals surface area contributed by atoms with Crippen LogP contribution in [0.3, 0.4) is 0 Å². The third-order valence-corrected chi connectivity index (χ3v) is 7.57. The number of hydrogen-bond acceptors (Lipinski definition) is 6. The maximum Gasteiger partial charge on any atom is 0.301 e. The molecule has 0 radical (unpaired) electrons. The van der Waals surface area contributed by atoms with E-state index in [0.717, 1.165) is 22.3 Å². The molecule has 2 aliphatic heterocycles. The summed E-state index contributed by atoms with van der Waals surface area (Å²) in [5.74, 6) is -1.19. The lowest BCUT2D eigenvalue weighted by molar-refractivity contribution is -0.119. The minimum absolute atomic E-state index is 0.215. The summed E-state index contributed by atoms with van der Waals surface area (Å²) in [4.78, 5) is 27.9. The molecule has 0 N–H and O–H groups in total. The number of rotatable bonds is 11. The maximum absolute atomic E-state index is 13.4. The Labute approximate surface area is 245 Å². The predicted molar refractivity (Wildman–Crippen MR) is 158 cm³/mol. The molecule has 0 spiro atoms. The topological polar surface area (TPSA) is 74.3 Å². The van der Waals surface area contributed by atoms with Gasteiger partial charge in [-0.1, -0.05) is 103 Å². The number of hydrogen-bond donors (Lipinski definition) is 0. The number of carbonyl (C=O) groups is 2. The summed E-state index contributed by atoms with van der Waals surface area (Å²) in [6.07, 6.45) is -2.71. The van der Waals surface area contributed by atoms with Crippen LogP contribution in [-0.2, 0) is 43.6 Å². The Balaban J connectivity index is 1.31. The van der Waals surface area contributed by atoms with E-state index in [0.29, 0.717) is 24.5 Å². The van der Waals surface area contributed by atoms with Gasteiger partial charge < -0.3 is 18.9 Å². The van der Waals surface area contributed by atoms with Crippen molar-refractivity contribution in [1.29, 1.82) is 0 Å². The first kappa shape index (κ1) is 28.0. The predicted octanol–water partition coefficient (Wildman–Crippen LogP) is 5.64. The minimum atomic E-state index is -0.889. The third kappa shape index (κ3) is 6.05. The van der Waals surface area contributed by atoms with Crippen LogP contribution in [0.2, 0.25) is 0 Å². The molecule has 1 fully saturated rings. The fourth-order valence-corrected chi connectivity index (χ4v) is 5.46. The van der Waals surface area contributed by atoms with Crippen molar-refractivity contribution >= 4 is 17.4 Å². The van der Waals surface area contributed by atoms with Gasteiger partial charge >= 0.3 is 5.91 Å². The van der Waals surface area contributed by atoms with Gasteiger partial charge in [-0.3, -0.25) is 14.5 Å². The second kappa shape index (κ2) is 12.8. The molecule has 4 aromatic rings. The third-order valence-electron chi connectivity index (χ3n) is 7.57. The second-order valence-electron chi connectivity index (χ2n) is 10.6. The molecule has 0 bridgehead atoms. The number of aryl methyl sites for hydroxylation is 1. The van der Waals surface area contributed by atoms with Crippen molar-refractivity contribution in [3.63, 3.8) is 0 Å². The number of amides is 1. The smallest absolute Gasteiger partial charge is 0.301 e. The lowest BCUT2D eigenvalue weighted by Gasteiger charge is -2.30. The summed E-state index contributed by atoms with van der Waals surface area (Å²) in [5, 5.41) is 0. The number of Topliss-reactive ketones (excluding diaryl/α,β-unsaturated/α-hetero) is 1. The van der Waals surface area contributed by atoms with Crippen LogP contribution in [0.4, 0.5) is 5.69 Å². The molecule has 4 aromatic carbocycles. The highest BCUT2D eigenvalue weighted by molar-refractivity contribution is 6.52. The second-order valence-corrected chi connectivity index (χ2v) is 10.6. The summed E-state index contributed by atoms with van der Waals surface area (Å²) in [7, 11) is 0. The highest BCUT2D eigenvalue weighted by Gasteiger charge is 2.53. The molecule has 2 heterocycles. The summed E-state index contributed by atoms with van der Waals surface area (Å²) in [5.41, 5.74) is 4.80. The Bertz CT molecular complexity index is 1510. The number of ketones is 1. The fourth-order valence-electron chi connectivity index (χ4n) is 5.46. The molecule has 1 amide bonds. The van der Waals surface area contributed by atoms with Gasteiger partial charge in [0.1, 0.15) is 18.3 Å². The van der Waals surface area contributed by atoms with Gasteiger partial charge in [0.25, 0.3) is 5.78 Å². The highest BCUT2D eigenvalue weighted by atomic mass is 16.6. The van der Waals surface area contributed by atoms with Crippen molar-refractivity contribution in [2.75, 3.05) is 11.5 Å². The van der Waals surface area contributed by atoms with Gasteiger partial charge in [-0.2, -0.15) is 0 Å². The molecule has 6 rings (SSSR count). The Hall–Kier alpha value is -4.14. The zero-order chi connectivity index (χ0) is 28.9. The molecule has 4 unspecified atom stereocenters. The van der Waals surface area contributed by atoms with E-state index in [2.05, 4.69) is 0 Å². The first-order chi connectivity index (χ1) is 20.6. The monoisotopic (exact) mass is 563 g/mol. The maximum atomic E-state index is 13.4. The van der Waals surface area contributed by atoms with Crippen LogP contribution in [0.5, 0.6) is 0 Å². The van der Waals surface area contributed by atoms with E-state index < -0.39 is 36.2 Å². The van der Waals surface area contributed by atoms with E-state index in [1.54, 1.807) is 12.1 Å². The van der Waals surface area contributed by atoms with Gasteiger partial charge in [-0.15, -0.1) is 0 Å². The quantitative estimate of drug-likeness (QED) is 0.220. The Morgan fingerprint density at radius 3 is 1.83 bits per heavy atom. The Morgan fingerprint density at radius 2 is 1.24 bits per heavy atom. The molecular weight excluding hydrogens is 530 g/mol. The van der Waals surface area contributed by atoms with E-state index in [9.17, 15) is 9.59 Å². The van der Waals surface area contributed by atoms with Crippen molar-refractivity contribution in [2.24, 2.45) is 0 Å². The van der Waals surface area contributed by atoms with E-state index in [4.69, 9.17) is 18.9 Å². The van der Waals surface area contributed by atoms with Crippen LogP contribution in [0.15, 0.2) is 109 Å². The highest BCUT2D eigenvalue weighted by Crippen LogP contribution is 2.38. The van der Waals surface area contributed by atoms with E-state index in [1.807, 2.05) is 104 Å². The zero-order valence-corrected chi connectivity index (χ0v) is 23.4. The van der Waals surface area contributed by atoms with Crippen LogP contribution >= 0.6 is 0 Å². The van der Waals surface area contributed by atoms with Crippen LogP contribution < -0.4 is 4.90 Å². The van der Waals surface area contributed by atoms with E-state index in [-0.39, 0.29) is 13.2 Å². The number of nitrogens with zero attached hydrogens (tertiary/aromatic N) is 1. The van der Waals surface area contributed by atoms with E-state index in [1.165, 1.54) is 4.90 Å². The van der Waals surface area contributed by atoms with Gasteiger partial charge in [0.15, 0.2) is 6.23 Å². The SMILES string of the molecule is Cc1ccc2c(c1)C(=O)C(=O)N2C1OC(COCc2ccccc2)C(OCc2ccccc2)C1OCc1ccccc1. The van der Waals surface area contributed by atoms with Crippen molar-refractivity contribution in [2.45, 2.75) is 51.3 Å². The van der Waals surface area contributed by atoms with Gasteiger partial charge in [0, 0.05) is 0 Å². The van der Waals surface area contributed by atoms with E-state index >= 15 is 0 Å². The van der Waals surface area contributed by atoms with Gasteiger partial charge in [0.05, 0.1) is 37.7 Å². The Morgan fingerprint density at radius 1 is 0.690 bits per heavy atom. The standard InChI is InChI=1S/C35H33NO6/c1-24-17-18-29-28(19-24)31(37)34(38)36(29)35-33(41-22-27-15-9-4-10-16-27)32(40-21-26-13-7-3-8-14-26)30(42-35)23-39-20-25-11-5-2-6-12-25/h2-19,30,32-33,35H,20-23H2,1H3. The molecule has 1 saturated heterocycles. The number of ether oxygens (including phenoxy) is 4. The molecule has 0 aromatic heterocycles. The molecule has 2 aliphatic rings. The van der Waals surface area contributed by atoms with Crippen molar-refractivity contribution < 1.29 is 28.5 Å². The molecule has 0 aliphatic carbocycles. The van der Waals surface area contributed by atoms with Gasteiger partial charge in [-0.05, 0) is 35.7 Å². The van der Waals surface area contributed by atoms with Crippen molar-refractivity contribution in [3.8, 4) is 0 Å². The number of carbonyl (C=O) groups excluding carboxylic acids is 2. The number of fused-ring (bicyclic) bond motifs is 1. The Kier molecular flexibility index (Phi) is 8.53. The summed E-state index contributed by atoms with van der Waals surface area (Å²) in [6, 6.07) is 35.0. The van der Waals surface area contributed by atoms with Crippen LogP contribution in [-0.4, -0.2) is 42.8 Å². The molecule has 0 saturated carbocycles. The molecular formula is C35H33NO6. The number of benzene rings is 4. The lowest BCUT2D eigenvalue weighted by Crippen LogP contribution is -2.48. The molecule has 42 heavy (non-hydrogen) atoms. The summed E-state index contributed by atoms with van der Waals surface area (Å²) >= 11 is 0. The summed E-state index contributed by atoms with van der Waals surface area (Å²) in [6.45, 7) is 3.12. The molecule has 214 valence electrons. The van der Waals surface area contributed by atoms with Crippen molar-refractivity contribution in [1.82, 2.24) is 0 Å². The zero-order valence-electron chi connectivity index (χ0n) is 23.4. The van der Waals surface area contributed by atoms with Crippen LogP contribution in [0.1, 0.15) is 32.6 Å². The van der Waals surface area contributed by atoms with Gasteiger partial charge in [0.2, 0.25) is 0 Å². The van der Waals surface area contributed by atoms with Gasteiger partial charge in [-0.25, -0.2) is 0 Å². The molecule has 7 nitrogen and oxygen atoms in total. The average molecular weight is 564 g/mol. The lowest BCUT2D eigenvalue weighted by atomic mass is 10.1. The largest absolute Gasteiger partial charge is 0.374 e. The number of anilines is 1. The normalized spacial score (nSPS) is 21.6. The molecule has 7 heteroatoms. The van der Waals surface area contributed by atoms with Crippen LogP contribution in [0.25, 0.3) is 0 Å².